The average molecular weight is 232 g/mol. The molecule has 1 aromatic rings. The molecule has 0 aliphatic rings. The number of hydrogen-bond acceptors (Lipinski definition) is 2. The van der Waals surface area contributed by atoms with E-state index in [-0.39, 0.29) is 5.75 Å². The van der Waals surface area contributed by atoms with Gasteiger partial charge >= 0.3 is 6.43 Å². The van der Waals surface area contributed by atoms with Gasteiger partial charge in [-0.1, -0.05) is 12.1 Å². The van der Waals surface area contributed by atoms with Gasteiger partial charge in [0.1, 0.15) is 12.0 Å². The van der Waals surface area contributed by atoms with E-state index in [1.165, 1.54) is 12.1 Å². The Morgan fingerprint density at radius 1 is 1.31 bits per heavy atom. The average Bonchev–Trinajstić information content (AvgIpc) is 2.26. The molecule has 1 rings (SSSR count). The Hall–Kier alpha value is -1.52. The van der Waals surface area contributed by atoms with Crippen molar-refractivity contribution in [3.05, 3.63) is 29.8 Å². The van der Waals surface area contributed by atoms with Crippen molar-refractivity contribution in [2.75, 3.05) is 0 Å². The number of rotatable bonds is 6. The topological polar surface area (TPSA) is 26.3 Å². The summed E-state index contributed by atoms with van der Waals surface area (Å²) in [6.45, 7) is 0. The fourth-order valence-corrected chi connectivity index (χ4v) is 1.18. The minimum absolute atomic E-state index is 0.0381. The maximum atomic E-state index is 12.6. The van der Waals surface area contributed by atoms with E-state index in [1.807, 2.05) is 0 Å². The molecule has 0 N–H and O–H groups in total. The van der Waals surface area contributed by atoms with E-state index in [0.717, 1.165) is 11.8 Å². The SMILES string of the molecule is O=CCCc1cccc(OC(F)C(F)F)c1. The molecule has 0 aliphatic carbocycles. The molecule has 0 aromatic heterocycles. The molecule has 2 nitrogen and oxygen atoms in total. The fraction of sp³-hybridized carbons (Fsp3) is 0.364. The van der Waals surface area contributed by atoms with Gasteiger partial charge in [0.25, 0.3) is 6.36 Å². The van der Waals surface area contributed by atoms with Crippen molar-refractivity contribution < 1.29 is 22.7 Å². The molecule has 88 valence electrons. The van der Waals surface area contributed by atoms with Crippen molar-refractivity contribution >= 4 is 6.29 Å². The molecule has 1 atom stereocenters. The maximum Gasteiger partial charge on any atom is 0.304 e. The summed E-state index contributed by atoms with van der Waals surface area (Å²) in [4.78, 5) is 10.1. The highest BCUT2D eigenvalue weighted by Crippen LogP contribution is 2.18. The minimum atomic E-state index is -3.17. The number of ether oxygens (including phenoxy) is 1. The van der Waals surface area contributed by atoms with Crippen LogP contribution in [0.1, 0.15) is 12.0 Å². The van der Waals surface area contributed by atoms with E-state index in [2.05, 4.69) is 4.74 Å². The Labute approximate surface area is 91.0 Å². The van der Waals surface area contributed by atoms with E-state index in [1.54, 1.807) is 12.1 Å². The third-order valence-electron chi connectivity index (χ3n) is 1.90. The van der Waals surface area contributed by atoms with E-state index in [0.29, 0.717) is 12.8 Å². The summed E-state index contributed by atoms with van der Waals surface area (Å²) in [6, 6.07) is 6.11. The Bertz CT molecular complexity index is 342. The minimum Gasteiger partial charge on any atom is -0.454 e. The van der Waals surface area contributed by atoms with Gasteiger partial charge in [-0.25, -0.2) is 8.78 Å². The van der Waals surface area contributed by atoms with Crippen molar-refractivity contribution in [3.63, 3.8) is 0 Å². The second-order valence-corrected chi connectivity index (χ2v) is 3.16. The number of alkyl halides is 3. The third-order valence-corrected chi connectivity index (χ3v) is 1.90. The monoisotopic (exact) mass is 232 g/mol. The lowest BCUT2D eigenvalue weighted by Gasteiger charge is -2.11. The predicted molar refractivity (Wildman–Crippen MR) is 52.4 cm³/mol. The highest BCUT2D eigenvalue weighted by atomic mass is 19.3. The van der Waals surface area contributed by atoms with Crippen LogP contribution in [0.2, 0.25) is 0 Å². The van der Waals surface area contributed by atoms with Gasteiger partial charge in [-0.15, -0.1) is 0 Å². The summed E-state index contributed by atoms with van der Waals surface area (Å²) >= 11 is 0. The zero-order valence-electron chi connectivity index (χ0n) is 8.41. The number of halogens is 3. The normalized spacial score (nSPS) is 12.5. The van der Waals surface area contributed by atoms with Crippen molar-refractivity contribution in [1.29, 1.82) is 0 Å². The number of aldehydes is 1. The Balaban J connectivity index is 2.63. The quantitative estimate of drug-likeness (QED) is 0.705. The van der Waals surface area contributed by atoms with Crippen LogP contribution < -0.4 is 4.74 Å². The summed E-state index contributed by atoms with van der Waals surface area (Å²) < 4.78 is 40.7. The highest BCUT2D eigenvalue weighted by Gasteiger charge is 2.20. The molecule has 0 fully saturated rings. The van der Waals surface area contributed by atoms with Gasteiger partial charge in [0.2, 0.25) is 0 Å². The largest absolute Gasteiger partial charge is 0.454 e. The molecule has 0 amide bonds. The summed E-state index contributed by atoms with van der Waals surface area (Å²) in [6.07, 6.45) is -4.23. The Morgan fingerprint density at radius 3 is 2.69 bits per heavy atom. The number of aryl methyl sites for hydroxylation is 1. The van der Waals surface area contributed by atoms with Crippen molar-refractivity contribution in [3.8, 4) is 5.75 Å². The van der Waals surface area contributed by atoms with Crippen LogP contribution in [0.5, 0.6) is 5.75 Å². The third kappa shape index (κ3) is 3.92. The van der Waals surface area contributed by atoms with Crippen LogP contribution in [-0.2, 0) is 11.2 Å². The first kappa shape index (κ1) is 12.5. The van der Waals surface area contributed by atoms with Crippen LogP contribution in [0.4, 0.5) is 13.2 Å². The maximum absolute atomic E-state index is 12.6. The smallest absolute Gasteiger partial charge is 0.304 e. The van der Waals surface area contributed by atoms with E-state index >= 15 is 0 Å². The molecule has 5 heteroatoms. The Morgan fingerprint density at radius 2 is 2.06 bits per heavy atom. The second kappa shape index (κ2) is 6.15. The molecule has 0 bridgehead atoms. The van der Waals surface area contributed by atoms with Crippen LogP contribution in [-0.4, -0.2) is 19.1 Å². The van der Waals surface area contributed by atoms with Gasteiger partial charge in [0.15, 0.2) is 0 Å². The molecule has 0 spiro atoms. The number of carbonyl (C=O) groups is 1. The van der Waals surface area contributed by atoms with Gasteiger partial charge in [0.05, 0.1) is 0 Å². The van der Waals surface area contributed by atoms with E-state index in [9.17, 15) is 18.0 Å². The summed E-state index contributed by atoms with van der Waals surface area (Å²) in [5.41, 5.74) is 0.742. The summed E-state index contributed by atoms with van der Waals surface area (Å²) in [7, 11) is 0. The first-order valence-corrected chi connectivity index (χ1v) is 4.75. The number of hydrogen-bond donors (Lipinski definition) is 0. The molecular formula is C11H11F3O2. The fourth-order valence-electron chi connectivity index (χ4n) is 1.18. The highest BCUT2D eigenvalue weighted by molar-refractivity contribution is 5.50. The predicted octanol–water partition coefficient (Wildman–Crippen LogP) is 2.76. The molecular weight excluding hydrogens is 221 g/mol. The molecule has 0 heterocycles. The van der Waals surface area contributed by atoms with Crippen LogP contribution in [0.25, 0.3) is 0 Å². The lowest BCUT2D eigenvalue weighted by molar-refractivity contribution is -0.107. The molecule has 0 saturated heterocycles. The first-order valence-electron chi connectivity index (χ1n) is 4.75. The lowest BCUT2D eigenvalue weighted by atomic mass is 10.1. The number of carbonyl (C=O) groups excluding carboxylic acids is 1. The Kier molecular flexibility index (Phi) is 4.82. The van der Waals surface area contributed by atoms with Crippen LogP contribution in [0, 0.1) is 0 Å². The molecule has 0 radical (unpaired) electrons. The van der Waals surface area contributed by atoms with Gasteiger partial charge in [0, 0.05) is 6.42 Å². The van der Waals surface area contributed by atoms with Crippen molar-refractivity contribution in [1.82, 2.24) is 0 Å². The van der Waals surface area contributed by atoms with Crippen molar-refractivity contribution in [2.24, 2.45) is 0 Å². The van der Waals surface area contributed by atoms with E-state index in [4.69, 9.17) is 0 Å². The summed E-state index contributed by atoms with van der Waals surface area (Å²) in [5.74, 6) is 0.0381. The first-order chi connectivity index (χ1) is 7.63. The van der Waals surface area contributed by atoms with Gasteiger partial charge in [-0.2, -0.15) is 4.39 Å². The van der Waals surface area contributed by atoms with Gasteiger partial charge < -0.3 is 9.53 Å². The standard InChI is InChI=1S/C11H11F3O2/c12-10(13)11(14)16-9-5-1-3-8(7-9)4-2-6-15/h1,3,5-7,10-11H,2,4H2. The van der Waals surface area contributed by atoms with Crippen LogP contribution in [0.3, 0.4) is 0 Å². The molecule has 16 heavy (non-hydrogen) atoms. The van der Waals surface area contributed by atoms with E-state index < -0.39 is 12.8 Å². The number of benzene rings is 1. The van der Waals surface area contributed by atoms with Gasteiger partial charge in [-0.3, -0.25) is 0 Å². The van der Waals surface area contributed by atoms with Crippen LogP contribution in [0.15, 0.2) is 24.3 Å². The molecule has 1 unspecified atom stereocenters. The molecule has 1 aromatic carbocycles. The van der Waals surface area contributed by atoms with Crippen LogP contribution >= 0.6 is 0 Å². The van der Waals surface area contributed by atoms with Gasteiger partial charge in [-0.05, 0) is 24.1 Å². The van der Waals surface area contributed by atoms with Crippen molar-refractivity contribution in [2.45, 2.75) is 25.6 Å². The lowest BCUT2D eigenvalue weighted by Crippen LogP contribution is -2.19. The zero-order valence-corrected chi connectivity index (χ0v) is 8.41. The molecule has 0 saturated carbocycles. The molecule has 0 aliphatic heterocycles. The zero-order chi connectivity index (χ0) is 12.0. The summed E-state index contributed by atoms with van der Waals surface area (Å²) in [5, 5.41) is 0. The second-order valence-electron chi connectivity index (χ2n) is 3.16.